The van der Waals surface area contributed by atoms with Gasteiger partial charge in [-0.05, 0) is 67.6 Å². The highest BCUT2D eigenvalue weighted by molar-refractivity contribution is 7.80. The van der Waals surface area contributed by atoms with Gasteiger partial charge in [0, 0.05) is 66.4 Å². The number of guanidine groups is 2. The number of nitrogens with zero attached hydrogens (tertiary/aromatic N) is 4. The molecular weight excluding hydrogens is 1760 g/mol. The van der Waals surface area contributed by atoms with Crippen molar-refractivity contribution in [1.82, 2.24) is 16.0 Å². The van der Waals surface area contributed by atoms with E-state index in [-0.39, 0.29) is 90.6 Å². The average molecular weight is 1890 g/mol. The Balaban J connectivity index is 0.000000548. The maximum absolute atomic E-state index is 12.8. The second-order valence-corrected chi connectivity index (χ2v) is 30.1. The van der Waals surface area contributed by atoms with Crippen molar-refractivity contribution in [3.05, 3.63) is 216 Å². The van der Waals surface area contributed by atoms with Crippen LogP contribution >= 0.6 is 24.8 Å². The number of methoxy groups -OCH3 is 9. The number of nitrogens with one attached hydrogen (secondary N) is 6. The van der Waals surface area contributed by atoms with Gasteiger partial charge in [0.1, 0.15) is 21.2 Å². The van der Waals surface area contributed by atoms with Crippen molar-refractivity contribution in [1.29, 1.82) is 0 Å². The summed E-state index contributed by atoms with van der Waals surface area (Å²) in [5.74, 6) is -2.49. The summed E-state index contributed by atoms with van der Waals surface area (Å²) in [5, 5.41) is 60.1. The monoisotopic (exact) mass is 1880 g/mol. The number of hydrogen-bond acceptors (Lipinski definition) is 29. The van der Waals surface area contributed by atoms with Gasteiger partial charge >= 0.3 is 23.9 Å². The van der Waals surface area contributed by atoms with Crippen molar-refractivity contribution < 1.29 is 130 Å². The van der Waals surface area contributed by atoms with E-state index < -0.39 is 69.9 Å². The molecule has 0 spiro atoms. The normalized spacial score (nSPS) is 12.8. The average Bonchev–Trinajstić information content (AvgIpc) is 0.807. The minimum atomic E-state index is -1.33. The third kappa shape index (κ3) is 35.4. The van der Waals surface area contributed by atoms with Gasteiger partial charge in [0.25, 0.3) is 11.9 Å². The Morgan fingerprint density at radius 1 is 0.455 bits per heavy atom. The molecule has 0 saturated carbocycles. The number of carboxylic acid groups (broad SMARTS) is 3. The lowest BCUT2D eigenvalue weighted by Crippen LogP contribution is -3.14. The lowest BCUT2D eigenvalue weighted by atomic mass is 9.87. The zero-order valence-electron chi connectivity index (χ0n) is 77.5. The summed E-state index contributed by atoms with van der Waals surface area (Å²) in [7, 11) is 26.1. The number of hydrazone groups is 2. The molecule has 724 valence electrons. The Kier molecular flexibility index (Phi) is 51.0. The molecule has 43 heteroatoms. The molecule has 0 radical (unpaired) electrons. The van der Waals surface area contributed by atoms with Gasteiger partial charge < -0.3 is 141 Å². The molecular formula is C89H126N15O26S2+. The molecule has 6 unspecified atom stereocenters. The zero-order valence-corrected chi connectivity index (χ0v) is 79.3. The van der Waals surface area contributed by atoms with Crippen molar-refractivity contribution in [2.45, 2.75) is 100 Å². The summed E-state index contributed by atoms with van der Waals surface area (Å²) in [6.07, 6.45) is 3.44. The van der Waals surface area contributed by atoms with Gasteiger partial charge in [-0.1, -0.05) is 148 Å². The first-order valence-electron chi connectivity index (χ1n) is 41.0. The molecule has 0 saturated heterocycles. The van der Waals surface area contributed by atoms with E-state index in [4.69, 9.17) is 90.6 Å². The SMILES string of the molecule is CCC(COC(=O)c1cc(OC)c(OC)c(OC)c1)(c1ccccc1)[NH+](C)C.CCC(COC(=O)c1cc(OC)c(OC)c(OC)c1)(c1ccccc1)[NH+](C)C.CCC(COC(=O)c1cc(OC)c(OC)c(OC)c1)(c1ccccc1)[NH+](C)C.N/C(=N\[N+](=O)[O-])NCCCC(N)C(=O)[O-].N/C(=N\[N+](=O)[O-])NCCCC(NC(=O)C(N)CS)C(=O)O.NC(=S)c1ccc(C(=O)[O-])cc1. The van der Waals surface area contributed by atoms with Crippen molar-refractivity contribution >= 4 is 83.5 Å². The molecule has 0 aliphatic carbocycles. The number of nitro groups is 2. The molecule has 41 nitrogen and oxygen atoms in total. The number of benzene rings is 7. The summed E-state index contributed by atoms with van der Waals surface area (Å²) in [6, 6.07) is 42.9. The molecule has 0 aliphatic heterocycles. The predicted octanol–water partition coefficient (Wildman–Crippen LogP) is 1.27. The third-order valence-electron chi connectivity index (χ3n) is 20.9. The van der Waals surface area contributed by atoms with Crippen LogP contribution in [0.15, 0.2) is 162 Å². The highest BCUT2D eigenvalue weighted by Gasteiger charge is 2.42. The van der Waals surface area contributed by atoms with Crippen LogP contribution in [0.1, 0.15) is 129 Å². The number of thiocarbonyl (C=S) groups is 1. The summed E-state index contributed by atoms with van der Waals surface area (Å²) >= 11 is 8.52. The minimum Gasteiger partial charge on any atom is -0.548 e. The molecule has 7 rings (SSSR count). The van der Waals surface area contributed by atoms with Crippen LogP contribution in [0, 0.1) is 20.2 Å². The number of ether oxygens (including phenoxy) is 12. The Hall–Kier alpha value is -13.6. The molecule has 7 aromatic carbocycles. The summed E-state index contributed by atoms with van der Waals surface area (Å²) in [6.45, 7) is 7.50. The first kappa shape index (κ1) is 114. The molecule has 1 amide bonds. The van der Waals surface area contributed by atoms with Crippen LogP contribution in [0.5, 0.6) is 51.7 Å². The number of thiol groups is 1. The molecule has 0 bridgehead atoms. The topological polar surface area (TPSA) is 587 Å². The van der Waals surface area contributed by atoms with Crippen LogP contribution in [-0.4, -0.2) is 237 Å². The van der Waals surface area contributed by atoms with E-state index in [9.17, 15) is 64.0 Å². The number of nitrogens with two attached hydrogens (primary N) is 5. The van der Waals surface area contributed by atoms with E-state index in [1.165, 1.54) is 90.8 Å². The molecule has 0 fully saturated rings. The molecule has 0 aromatic heterocycles. The fraction of sp³-hybridized carbons (Fsp3) is 0.416. The van der Waals surface area contributed by atoms with E-state index in [0.29, 0.717) is 86.8 Å². The molecule has 7 aromatic rings. The number of hydrogen-bond donors (Lipinski definition) is 13. The van der Waals surface area contributed by atoms with Gasteiger partial charge in [0.05, 0.1) is 141 Å². The van der Waals surface area contributed by atoms with Crippen molar-refractivity contribution in [3.8, 4) is 51.7 Å². The van der Waals surface area contributed by atoms with E-state index >= 15 is 0 Å². The van der Waals surface area contributed by atoms with Crippen LogP contribution in [0.3, 0.4) is 0 Å². The zero-order chi connectivity index (χ0) is 99.6. The van der Waals surface area contributed by atoms with Crippen molar-refractivity contribution in [3.63, 3.8) is 0 Å². The highest BCUT2D eigenvalue weighted by Crippen LogP contribution is 2.41. The van der Waals surface area contributed by atoms with Crippen molar-refractivity contribution in [2.75, 3.05) is 145 Å². The number of amides is 1. The second kappa shape index (κ2) is 58.9. The van der Waals surface area contributed by atoms with Gasteiger partial charge in [-0.3, -0.25) is 4.79 Å². The third-order valence-corrected chi connectivity index (χ3v) is 21.5. The fourth-order valence-corrected chi connectivity index (χ4v) is 13.3. The number of likely N-dealkylation sites (N-methyl/N-ethyl adjacent to an activating group) is 3. The van der Waals surface area contributed by atoms with Crippen LogP contribution in [0.4, 0.5) is 0 Å². The number of carbonyl (C=O) groups is 7. The van der Waals surface area contributed by atoms with Crippen LogP contribution in [0.25, 0.3) is 0 Å². The quantitative estimate of drug-likeness (QED) is 0.00294. The Bertz CT molecular complexity index is 4470. The number of esters is 3. The Labute approximate surface area is 778 Å². The second-order valence-electron chi connectivity index (χ2n) is 29.3. The van der Waals surface area contributed by atoms with Crippen LogP contribution in [0.2, 0.25) is 0 Å². The summed E-state index contributed by atoms with van der Waals surface area (Å²) in [4.78, 5) is 105. The largest absolute Gasteiger partial charge is 0.548 e. The van der Waals surface area contributed by atoms with E-state index in [2.05, 4.69) is 150 Å². The molecule has 0 heterocycles. The number of rotatable bonds is 44. The molecule has 6 atom stereocenters. The van der Waals surface area contributed by atoms with Crippen LogP contribution < -0.4 is 112 Å². The standard InChI is InChI=1S/3C22H29NO5.C9H18N6O5S.C8H7NO2S.C6H13N5O4/c3*1-7-22(23(2)3,17-11-9-8-10-12-17)15-28-21(24)16-13-18(25-4)20(27-6)19(14-16)26-5;10-5(4-21)7(16)13-6(8(17)18)2-1-3-12-9(11)14-15(19)20;9-7(12)5-1-3-6(4-2-5)8(10)11;7-4(5(12)13)2-1-3-9-6(8)10-11(14)15/h3*8-14H,7,15H2,1-6H3;5-6,21H,1-4,10H2,(H,13,16)(H,17,18)(H3,11,12,14);1-4H,(H2,9,12)(H,10,11);4H,1-3,7H2,(H,12,13)(H3,8,9,10)/p+1. The number of quaternary nitrogens is 3. The van der Waals surface area contributed by atoms with E-state index in [1.54, 1.807) is 48.5 Å². The maximum atomic E-state index is 12.8. The molecule has 132 heavy (non-hydrogen) atoms. The number of aliphatic carboxylic acids is 2. The van der Waals surface area contributed by atoms with Gasteiger partial charge in [-0.2, -0.15) is 12.6 Å². The first-order chi connectivity index (χ1) is 62.6. The predicted molar refractivity (Wildman–Crippen MR) is 496 cm³/mol. The summed E-state index contributed by atoms with van der Waals surface area (Å²) in [5.41, 5.74) is 30.4. The highest BCUT2D eigenvalue weighted by atomic mass is 32.1. The Morgan fingerprint density at radius 3 is 0.955 bits per heavy atom. The van der Waals surface area contributed by atoms with E-state index in [1.807, 2.05) is 54.6 Å². The van der Waals surface area contributed by atoms with Crippen LogP contribution in [-0.2, 0) is 45.2 Å². The summed E-state index contributed by atoms with van der Waals surface area (Å²) < 4.78 is 65.2. The Morgan fingerprint density at radius 2 is 0.735 bits per heavy atom. The first-order valence-corrected chi connectivity index (χ1v) is 42.1. The van der Waals surface area contributed by atoms with Gasteiger partial charge in [0.15, 0.2) is 81.0 Å². The van der Waals surface area contributed by atoms with E-state index in [0.717, 1.165) is 36.0 Å². The maximum Gasteiger partial charge on any atom is 0.338 e. The number of carbonyl (C=O) groups excluding carboxylic acids is 6. The lowest BCUT2D eigenvalue weighted by Gasteiger charge is -2.35. The van der Waals surface area contributed by atoms with Gasteiger partial charge in [-0.25, -0.2) is 39.4 Å². The fourth-order valence-electron chi connectivity index (χ4n) is 13.0. The molecule has 0 aliphatic rings. The number of aromatic carboxylic acids is 1. The molecule has 17 N–H and O–H groups in total. The van der Waals surface area contributed by atoms with Gasteiger partial charge in [-0.15, -0.1) is 0 Å². The number of carboxylic acids is 3. The van der Waals surface area contributed by atoms with Gasteiger partial charge in [0.2, 0.25) is 23.2 Å². The smallest absolute Gasteiger partial charge is 0.338 e. The lowest BCUT2D eigenvalue weighted by molar-refractivity contribution is -0.925. The minimum absolute atomic E-state index is 0.0909. The van der Waals surface area contributed by atoms with Crippen molar-refractivity contribution in [2.24, 2.45) is 38.9 Å².